The standard InChI is InChI=1S/C15H20ClNO2/c1-2-12(9-10-18)11-17-15(19)8-5-13-3-6-14(16)7-4-13/h3-8,12,18H,2,9-11H2,1H3,(H,17,19). The lowest BCUT2D eigenvalue weighted by atomic mass is 10.0. The molecule has 104 valence electrons. The Kier molecular flexibility index (Phi) is 7.23. The summed E-state index contributed by atoms with van der Waals surface area (Å²) < 4.78 is 0. The van der Waals surface area contributed by atoms with E-state index in [9.17, 15) is 4.79 Å². The molecule has 0 spiro atoms. The van der Waals surface area contributed by atoms with Gasteiger partial charge >= 0.3 is 0 Å². The van der Waals surface area contributed by atoms with Crippen LogP contribution in [0.15, 0.2) is 30.3 Å². The van der Waals surface area contributed by atoms with Gasteiger partial charge in [-0.2, -0.15) is 0 Å². The van der Waals surface area contributed by atoms with E-state index in [1.807, 2.05) is 12.1 Å². The summed E-state index contributed by atoms with van der Waals surface area (Å²) >= 11 is 5.78. The van der Waals surface area contributed by atoms with Crippen LogP contribution in [-0.4, -0.2) is 24.2 Å². The molecule has 2 N–H and O–H groups in total. The van der Waals surface area contributed by atoms with E-state index in [0.29, 0.717) is 17.5 Å². The minimum Gasteiger partial charge on any atom is -0.396 e. The van der Waals surface area contributed by atoms with Gasteiger partial charge in [0.2, 0.25) is 5.91 Å². The highest BCUT2D eigenvalue weighted by molar-refractivity contribution is 6.30. The summed E-state index contributed by atoms with van der Waals surface area (Å²) in [5.41, 5.74) is 0.932. The molecule has 1 amide bonds. The van der Waals surface area contributed by atoms with Crippen molar-refractivity contribution in [3.63, 3.8) is 0 Å². The largest absolute Gasteiger partial charge is 0.396 e. The van der Waals surface area contributed by atoms with Crippen LogP contribution in [0.3, 0.4) is 0 Å². The fraction of sp³-hybridized carbons (Fsp3) is 0.400. The van der Waals surface area contributed by atoms with E-state index in [2.05, 4.69) is 12.2 Å². The number of aliphatic hydroxyl groups is 1. The van der Waals surface area contributed by atoms with Gasteiger partial charge < -0.3 is 10.4 Å². The number of carbonyl (C=O) groups excluding carboxylic acids is 1. The van der Waals surface area contributed by atoms with Crippen LogP contribution in [-0.2, 0) is 4.79 Å². The van der Waals surface area contributed by atoms with Crippen molar-refractivity contribution in [2.24, 2.45) is 5.92 Å². The minimum atomic E-state index is -0.119. The zero-order chi connectivity index (χ0) is 14.1. The van der Waals surface area contributed by atoms with Gasteiger partial charge in [-0.15, -0.1) is 0 Å². The van der Waals surface area contributed by atoms with Crippen molar-refractivity contribution >= 4 is 23.6 Å². The van der Waals surface area contributed by atoms with E-state index in [4.69, 9.17) is 16.7 Å². The fourth-order valence-electron chi connectivity index (χ4n) is 1.68. The third kappa shape index (κ3) is 6.41. The molecular formula is C15H20ClNO2. The summed E-state index contributed by atoms with van der Waals surface area (Å²) in [6.07, 6.45) is 4.92. The number of hydrogen-bond acceptors (Lipinski definition) is 2. The van der Waals surface area contributed by atoms with E-state index in [-0.39, 0.29) is 12.5 Å². The van der Waals surface area contributed by atoms with Crippen molar-refractivity contribution in [3.05, 3.63) is 40.9 Å². The summed E-state index contributed by atoms with van der Waals surface area (Å²) in [6, 6.07) is 7.28. The molecule has 1 rings (SSSR count). The topological polar surface area (TPSA) is 49.3 Å². The molecule has 0 saturated heterocycles. The van der Waals surface area contributed by atoms with Crippen LogP contribution >= 0.6 is 11.6 Å². The van der Waals surface area contributed by atoms with Crippen LogP contribution in [0.1, 0.15) is 25.3 Å². The van der Waals surface area contributed by atoms with Crippen LogP contribution in [0.2, 0.25) is 5.02 Å². The predicted molar refractivity (Wildman–Crippen MR) is 79.0 cm³/mol. The molecular weight excluding hydrogens is 262 g/mol. The fourth-order valence-corrected chi connectivity index (χ4v) is 1.81. The first-order chi connectivity index (χ1) is 9.15. The summed E-state index contributed by atoms with van der Waals surface area (Å²) in [5, 5.41) is 12.4. The van der Waals surface area contributed by atoms with E-state index in [1.165, 1.54) is 6.08 Å². The van der Waals surface area contributed by atoms with E-state index < -0.39 is 0 Å². The molecule has 1 unspecified atom stereocenters. The van der Waals surface area contributed by atoms with Gasteiger partial charge in [0.1, 0.15) is 0 Å². The molecule has 0 fully saturated rings. The minimum absolute atomic E-state index is 0.119. The van der Waals surface area contributed by atoms with Crippen LogP contribution in [0, 0.1) is 5.92 Å². The lowest BCUT2D eigenvalue weighted by molar-refractivity contribution is -0.116. The number of rotatable bonds is 7. The highest BCUT2D eigenvalue weighted by Crippen LogP contribution is 2.10. The Morgan fingerprint density at radius 3 is 2.68 bits per heavy atom. The van der Waals surface area contributed by atoms with Gasteiger partial charge in [-0.25, -0.2) is 0 Å². The molecule has 1 aromatic carbocycles. The monoisotopic (exact) mass is 281 g/mol. The first-order valence-electron chi connectivity index (χ1n) is 6.48. The number of aliphatic hydroxyl groups excluding tert-OH is 1. The third-order valence-electron chi connectivity index (χ3n) is 2.98. The molecule has 1 atom stereocenters. The molecule has 19 heavy (non-hydrogen) atoms. The van der Waals surface area contributed by atoms with E-state index >= 15 is 0 Å². The molecule has 0 aliphatic carbocycles. The highest BCUT2D eigenvalue weighted by Gasteiger charge is 2.06. The van der Waals surface area contributed by atoms with Crippen molar-refractivity contribution in [1.29, 1.82) is 0 Å². The summed E-state index contributed by atoms with van der Waals surface area (Å²) in [4.78, 5) is 11.6. The third-order valence-corrected chi connectivity index (χ3v) is 3.23. The second-order valence-electron chi connectivity index (χ2n) is 4.42. The van der Waals surface area contributed by atoms with Crippen molar-refractivity contribution in [1.82, 2.24) is 5.32 Å². The summed E-state index contributed by atoms with van der Waals surface area (Å²) in [6.45, 7) is 2.81. The molecule has 0 aliphatic heterocycles. The highest BCUT2D eigenvalue weighted by atomic mass is 35.5. The first-order valence-corrected chi connectivity index (χ1v) is 6.85. The molecule has 0 heterocycles. The Bertz CT molecular complexity index is 415. The molecule has 0 aliphatic rings. The number of amides is 1. The molecule has 4 heteroatoms. The van der Waals surface area contributed by atoms with Gasteiger partial charge in [-0.05, 0) is 36.1 Å². The number of benzene rings is 1. The van der Waals surface area contributed by atoms with Crippen molar-refractivity contribution in [2.45, 2.75) is 19.8 Å². The van der Waals surface area contributed by atoms with Crippen LogP contribution in [0.25, 0.3) is 6.08 Å². The Labute approximate surface area is 119 Å². The number of halogens is 1. The van der Waals surface area contributed by atoms with E-state index in [1.54, 1.807) is 18.2 Å². The van der Waals surface area contributed by atoms with Crippen LogP contribution in [0.4, 0.5) is 0 Å². The molecule has 0 saturated carbocycles. The van der Waals surface area contributed by atoms with Gasteiger partial charge in [-0.1, -0.05) is 37.1 Å². The maximum atomic E-state index is 11.6. The van der Waals surface area contributed by atoms with Gasteiger partial charge in [-0.3, -0.25) is 4.79 Å². The second kappa shape index (κ2) is 8.73. The van der Waals surface area contributed by atoms with Gasteiger partial charge in [0.05, 0.1) is 0 Å². The lowest BCUT2D eigenvalue weighted by Crippen LogP contribution is -2.28. The summed E-state index contributed by atoms with van der Waals surface area (Å²) in [7, 11) is 0. The Morgan fingerprint density at radius 1 is 1.42 bits per heavy atom. The average molecular weight is 282 g/mol. The maximum absolute atomic E-state index is 11.6. The zero-order valence-electron chi connectivity index (χ0n) is 11.1. The smallest absolute Gasteiger partial charge is 0.244 e. The number of hydrogen-bond donors (Lipinski definition) is 2. The molecule has 0 radical (unpaired) electrons. The normalized spacial score (nSPS) is 12.6. The Morgan fingerprint density at radius 2 is 2.11 bits per heavy atom. The SMILES string of the molecule is CCC(CCO)CNC(=O)C=Cc1ccc(Cl)cc1. The van der Waals surface area contributed by atoms with Gasteiger partial charge in [0.25, 0.3) is 0 Å². The molecule has 1 aromatic rings. The second-order valence-corrected chi connectivity index (χ2v) is 4.85. The average Bonchev–Trinajstić information content (AvgIpc) is 2.42. The van der Waals surface area contributed by atoms with Crippen LogP contribution in [0.5, 0.6) is 0 Å². The Hall–Kier alpha value is -1.32. The van der Waals surface area contributed by atoms with Crippen molar-refractivity contribution in [2.75, 3.05) is 13.2 Å². The number of carbonyl (C=O) groups is 1. The predicted octanol–water partition coefficient (Wildman–Crippen LogP) is 2.88. The van der Waals surface area contributed by atoms with E-state index in [0.717, 1.165) is 18.4 Å². The molecule has 0 aromatic heterocycles. The van der Waals surface area contributed by atoms with Gasteiger partial charge in [0.15, 0.2) is 0 Å². The first kappa shape index (κ1) is 15.7. The van der Waals surface area contributed by atoms with Crippen molar-refractivity contribution < 1.29 is 9.90 Å². The van der Waals surface area contributed by atoms with Gasteiger partial charge in [0, 0.05) is 24.3 Å². The summed E-state index contributed by atoms with van der Waals surface area (Å²) in [5.74, 6) is 0.212. The lowest BCUT2D eigenvalue weighted by Gasteiger charge is -2.13. The van der Waals surface area contributed by atoms with Crippen molar-refractivity contribution in [3.8, 4) is 0 Å². The maximum Gasteiger partial charge on any atom is 0.244 e. The number of nitrogens with one attached hydrogen (secondary N) is 1. The quantitative estimate of drug-likeness (QED) is 0.755. The van der Waals surface area contributed by atoms with Crippen LogP contribution < -0.4 is 5.32 Å². The zero-order valence-corrected chi connectivity index (χ0v) is 11.9. The molecule has 3 nitrogen and oxygen atoms in total. The Balaban J connectivity index is 2.40. The molecule has 0 bridgehead atoms.